The summed E-state index contributed by atoms with van der Waals surface area (Å²) in [5, 5.41) is 6.49. The molecule has 27 heavy (non-hydrogen) atoms. The van der Waals surface area contributed by atoms with Crippen molar-refractivity contribution in [3.63, 3.8) is 0 Å². The lowest BCUT2D eigenvalue weighted by Crippen LogP contribution is -2.45. The third-order valence-corrected chi connectivity index (χ3v) is 5.49. The number of nitrogens with zero attached hydrogens (tertiary/aromatic N) is 1. The zero-order chi connectivity index (χ0) is 18.7. The zero-order valence-electron chi connectivity index (χ0n) is 15.6. The lowest BCUT2D eigenvalue weighted by Gasteiger charge is -2.42. The second kappa shape index (κ2) is 7.53. The Labute approximate surface area is 159 Å². The predicted octanol–water partition coefficient (Wildman–Crippen LogP) is 4.01. The monoisotopic (exact) mass is 363 g/mol. The van der Waals surface area contributed by atoms with Gasteiger partial charge < -0.3 is 15.4 Å². The molecule has 0 saturated carbocycles. The first kappa shape index (κ1) is 17.7. The molecule has 2 aliphatic rings. The van der Waals surface area contributed by atoms with Gasteiger partial charge in [-0.1, -0.05) is 36.4 Å². The smallest absolute Gasteiger partial charge is 0.221 e. The minimum absolute atomic E-state index is 0.00948. The molecule has 2 aromatic rings. The molecule has 4 rings (SSSR count). The number of ether oxygens (including phenoxy) is 1. The Kier molecular flexibility index (Phi) is 4.94. The highest BCUT2D eigenvalue weighted by Crippen LogP contribution is 2.41. The molecule has 1 spiro atoms. The van der Waals surface area contributed by atoms with Crippen molar-refractivity contribution in [3.05, 3.63) is 59.7 Å². The summed E-state index contributed by atoms with van der Waals surface area (Å²) < 4.78 is 5.63. The van der Waals surface area contributed by atoms with Gasteiger partial charge in [0.1, 0.15) is 5.84 Å². The van der Waals surface area contributed by atoms with E-state index in [-0.39, 0.29) is 11.3 Å². The minimum Gasteiger partial charge on any atom is -0.381 e. The molecule has 1 amide bonds. The molecule has 2 heterocycles. The molecule has 140 valence electrons. The number of benzene rings is 2. The fourth-order valence-electron chi connectivity index (χ4n) is 4.02. The van der Waals surface area contributed by atoms with Gasteiger partial charge in [-0.15, -0.1) is 0 Å². The Morgan fingerprint density at radius 1 is 1.15 bits per heavy atom. The maximum atomic E-state index is 11.5. The maximum Gasteiger partial charge on any atom is 0.221 e. The number of amidine groups is 1. The van der Waals surface area contributed by atoms with Gasteiger partial charge in [-0.2, -0.15) is 0 Å². The first-order valence-corrected chi connectivity index (χ1v) is 9.49. The van der Waals surface area contributed by atoms with Crippen LogP contribution in [0.2, 0.25) is 0 Å². The van der Waals surface area contributed by atoms with Crippen LogP contribution in [-0.2, 0) is 22.5 Å². The van der Waals surface area contributed by atoms with Crippen molar-refractivity contribution in [2.45, 2.75) is 32.7 Å². The fourth-order valence-corrected chi connectivity index (χ4v) is 4.02. The Morgan fingerprint density at radius 3 is 2.70 bits per heavy atom. The Bertz CT molecular complexity index is 869. The summed E-state index contributed by atoms with van der Waals surface area (Å²) in [5.41, 5.74) is 4.34. The quantitative estimate of drug-likeness (QED) is 0.866. The molecule has 0 aliphatic carbocycles. The summed E-state index contributed by atoms with van der Waals surface area (Å²) >= 11 is 0. The molecule has 1 fully saturated rings. The molecular formula is C22H25N3O2. The van der Waals surface area contributed by atoms with Gasteiger partial charge >= 0.3 is 0 Å². The molecule has 2 aromatic carbocycles. The number of anilines is 2. The summed E-state index contributed by atoms with van der Waals surface area (Å²) in [5.74, 6) is 0.975. The van der Waals surface area contributed by atoms with Crippen molar-refractivity contribution >= 4 is 23.1 Å². The minimum atomic E-state index is -0.0688. The highest BCUT2D eigenvalue weighted by molar-refractivity contribution is 6.02. The van der Waals surface area contributed by atoms with E-state index < -0.39 is 0 Å². The second-order valence-electron chi connectivity index (χ2n) is 7.35. The standard InChI is InChI=1S/C22H25N3O2/c1-16(26)24-20-9-5-3-7-18(20)15-23-21-22(10-12-27-13-11-22)14-17-6-2-4-8-19(17)25-21/h2-9H,10-15H2,1H3,(H,23,25)(H,24,26). The molecule has 0 bridgehead atoms. The van der Waals surface area contributed by atoms with Gasteiger partial charge in [0.25, 0.3) is 0 Å². The van der Waals surface area contributed by atoms with E-state index in [1.807, 2.05) is 24.3 Å². The Morgan fingerprint density at radius 2 is 1.89 bits per heavy atom. The fraction of sp³-hybridized carbons (Fsp3) is 0.364. The van der Waals surface area contributed by atoms with E-state index in [2.05, 4.69) is 34.9 Å². The Balaban J connectivity index is 1.65. The topological polar surface area (TPSA) is 62.7 Å². The third kappa shape index (κ3) is 3.74. The second-order valence-corrected chi connectivity index (χ2v) is 7.35. The molecular weight excluding hydrogens is 338 g/mol. The molecule has 2 N–H and O–H groups in total. The van der Waals surface area contributed by atoms with Crippen LogP contribution in [0.4, 0.5) is 11.4 Å². The molecule has 5 heteroatoms. The van der Waals surface area contributed by atoms with Crippen molar-refractivity contribution < 1.29 is 9.53 Å². The van der Waals surface area contributed by atoms with Gasteiger partial charge in [-0.3, -0.25) is 9.79 Å². The van der Waals surface area contributed by atoms with Crippen molar-refractivity contribution in [3.8, 4) is 0 Å². The highest BCUT2D eigenvalue weighted by atomic mass is 16.5. The lowest BCUT2D eigenvalue weighted by atomic mass is 9.71. The number of nitrogens with one attached hydrogen (secondary N) is 2. The van der Waals surface area contributed by atoms with Gasteiger partial charge in [0, 0.05) is 36.9 Å². The van der Waals surface area contributed by atoms with Crippen LogP contribution in [0.25, 0.3) is 0 Å². The number of aliphatic imine (C=N–C) groups is 1. The van der Waals surface area contributed by atoms with E-state index in [1.165, 1.54) is 12.5 Å². The highest BCUT2D eigenvalue weighted by Gasteiger charge is 2.41. The number of hydrogen-bond acceptors (Lipinski definition) is 3. The molecule has 0 unspecified atom stereocenters. The van der Waals surface area contributed by atoms with Gasteiger partial charge in [-0.05, 0) is 42.5 Å². The normalized spacial score (nSPS) is 19.4. The van der Waals surface area contributed by atoms with Crippen LogP contribution in [0.3, 0.4) is 0 Å². The average molecular weight is 363 g/mol. The van der Waals surface area contributed by atoms with Gasteiger partial charge in [0.2, 0.25) is 5.91 Å². The van der Waals surface area contributed by atoms with Crippen LogP contribution >= 0.6 is 0 Å². The van der Waals surface area contributed by atoms with E-state index in [0.29, 0.717) is 6.54 Å². The third-order valence-electron chi connectivity index (χ3n) is 5.49. The first-order chi connectivity index (χ1) is 13.2. The van der Waals surface area contributed by atoms with Crippen LogP contribution in [0.15, 0.2) is 53.5 Å². The van der Waals surface area contributed by atoms with Gasteiger partial charge in [0.05, 0.1) is 6.54 Å². The number of fused-ring (bicyclic) bond motifs is 1. The molecule has 0 aromatic heterocycles. The molecule has 5 nitrogen and oxygen atoms in total. The van der Waals surface area contributed by atoms with E-state index >= 15 is 0 Å². The van der Waals surface area contributed by atoms with Crippen LogP contribution < -0.4 is 10.6 Å². The van der Waals surface area contributed by atoms with Gasteiger partial charge in [-0.25, -0.2) is 0 Å². The maximum absolute atomic E-state index is 11.5. The largest absolute Gasteiger partial charge is 0.381 e. The molecule has 1 saturated heterocycles. The van der Waals surface area contributed by atoms with Crippen LogP contribution in [0.1, 0.15) is 30.9 Å². The molecule has 0 atom stereocenters. The molecule has 0 radical (unpaired) electrons. The van der Waals surface area contributed by atoms with Crippen molar-refractivity contribution in [1.29, 1.82) is 0 Å². The van der Waals surface area contributed by atoms with Crippen LogP contribution in [0.5, 0.6) is 0 Å². The van der Waals surface area contributed by atoms with Crippen LogP contribution in [0, 0.1) is 5.41 Å². The SMILES string of the molecule is CC(=O)Nc1ccccc1CN=C1Nc2ccccc2CC12CCOCC2. The Hall–Kier alpha value is -2.66. The summed E-state index contributed by atoms with van der Waals surface area (Å²) in [6, 6.07) is 16.3. The lowest BCUT2D eigenvalue weighted by molar-refractivity contribution is -0.114. The van der Waals surface area contributed by atoms with Crippen molar-refractivity contribution in [2.24, 2.45) is 10.4 Å². The number of para-hydroxylation sites is 2. The van der Waals surface area contributed by atoms with E-state index in [9.17, 15) is 4.79 Å². The zero-order valence-corrected chi connectivity index (χ0v) is 15.6. The van der Waals surface area contributed by atoms with E-state index in [1.54, 1.807) is 0 Å². The summed E-state index contributed by atoms with van der Waals surface area (Å²) in [4.78, 5) is 16.5. The summed E-state index contributed by atoms with van der Waals surface area (Å²) in [6.45, 7) is 3.60. The number of amides is 1. The summed E-state index contributed by atoms with van der Waals surface area (Å²) in [7, 11) is 0. The van der Waals surface area contributed by atoms with E-state index in [4.69, 9.17) is 9.73 Å². The predicted molar refractivity (Wildman–Crippen MR) is 108 cm³/mol. The number of rotatable bonds is 3. The number of carbonyl (C=O) groups excluding carboxylic acids is 1. The van der Waals surface area contributed by atoms with Gasteiger partial charge in [0.15, 0.2) is 0 Å². The van der Waals surface area contributed by atoms with Crippen molar-refractivity contribution in [1.82, 2.24) is 0 Å². The first-order valence-electron chi connectivity index (χ1n) is 9.49. The average Bonchev–Trinajstić information content (AvgIpc) is 2.67. The van der Waals surface area contributed by atoms with E-state index in [0.717, 1.165) is 55.3 Å². The van der Waals surface area contributed by atoms with Crippen LogP contribution in [-0.4, -0.2) is 25.0 Å². The van der Waals surface area contributed by atoms with Crippen molar-refractivity contribution in [2.75, 3.05) is 23.8 Å². The number of carbonyl (C=O) groups is 1. The summed E-state index contributed by atoms with van der Waals surface area (Å²) in [6.07, 6.45) is 2.94. The number of hydrogen-bond donors (Lipinski definition) is 2. The molecule has 2 aliphatic heterocycles.